The molecule has 96 valence electrons. The fourth-order valence-corrected chi connectivity index (χ4v) is 2.24. The van der Waals surface area contributed by atoms with Crippen LogP contribution in [0, 0.1) is 0 Å². The highest BCUT2D eigenvalue weighted by molar-refractivity contribution is 5.89. The van der Waals surface area contributed by atoms with E-state index in [0.29, 0.717) is 18.7 Å². The third-order valence-electron chi connectivity index (χ3n) is 3.24. The van der Waals surface area contributed by atoms with Crippen molar-refractivity contribution in [1.82, 2.24) is 4.90 Å². The van der Waals surface area contributed by atoms with Gasteiger partial charge in [0.15, 0.2) is 0 Å². The van der Waals surface area contributed by atoms with Gasteiger partial charge in [0.05, 0.1) is 12.7 Å². The van der Waals surface area contributed by atoms with Crippen LogP contribution in [-0.2, 0) is 4.74 Å². The Kier molecular flexibility index (Phi) is 3.50. The minimum absolute atomic E-state index is 0.158. The molecule has 5 heteroatoms. The topological polar surface area (TPSA) is 66.8 Å². The van der Waals surface area contributed by atoms with Crippen LogP contribution >= 0.6 is 0 Å². The molecule has 1 aliphatic rings. The van der Waals surface area contributed by atoms with Crippen molar-refractivity contribution in [3.05, 3.63) is 35.4 Å². The van der Waals surface area contributed by atoms with Crippen molar-refractivity contribution in [2.45, 2.75) is 12.3 Å². The Morgan fingerprint density at radius 1 is 1.44 bits per heavy atom. The first kappa shape index (κ1) is 12.4. The highest BCUT2D eigenvalue weighted by Crippen LogP contribution is 2.27. The van der Waals surface area contributed by atoms with Gasteiger partial charge in [-0.05, 0) is 24.1 Å². The highest BCUT2D eigenvalue weighted by atomic mass is 16.5. The largest absolute Gasteiger partial charge is 0.465 e. The van der Waals surface area contributed by atoms with Gasteiger partial charge in [0.25, 0.3) is 0 Å². The number of nitrogens with zero attached hydrogens (tertiary/aromatic N) is 1. The molecule has 1 heterocycles. The summed E-state index contributed by atoms with van der Waals surface area (Å²) in [5, 5.41) is 8.91. The zero-order valence-electron chi connectivity index (χ0n) is 10.1. The van der Waals surface area contributed by atoms with Gasteiger partial charge in [0.1, 0.15) is 0 Å². The fourth-order valence-electron chi connectivity index (χ4n) is 2.24. The predicted octanol–water partition coefficient (Wildman–Crippen LogP) is 1.94. The van der Waals surface area contributed by atoms with Gasteiger partial charge in [-0.1, -0.05) is 12.1 Å². The molecule has 1 aliphatic heterocycles. The van der Waals surface area contributed by atoms with Gasteiger partial charge >= 0.3 is 12.1 Å². The van der Waals surface area contributed by atoms with Crippen LogP contribution in [0.1, 0.15) is 28.3 Å². The number of carbonyl (C=O) groups is 2. The SMILES string of the molecule is COC(=O)c1cccc(C2CCN(C(=O)O)C2)c1. The molecule has 1 unspecified atom stereocenters. The Bertz CT molecular complexity index is 472. The average molecular weight is 249 g/mol. The second-order valence-corrected chi connectivity index (χ2v) is 4.33. The molecule has 2 rings (SSSR count). The van der Waals surface area contributed by atoms with E-state index in [1.807, 2.05) is 6.07 Å². The molecule has 1 aromatic carbocycles. The molecular weight excluding hydrogens is 234 g/mol. The third kappa shape index (κ3) is 2.45. The van der Waals surface area contributed by atoms with Gasteiger partial charge in [0.2, 0.25) is 0 Å². The van der Waals surface area contributed by atoms with Crippen molar-refractivity contribution in [3.63, 3.8) is 0 Å². The first-order valence-corrected chi connectivity index (χ1v) is 5.78. The van der Waals surface area contributed by atoms with Crippen LogP contribution in [0.2, 0.25) is 0 Å². The Morgan fingerprint density at radius 3 is 2.83 bits per heavy atom. The Labute approximate surface area is 105 Å². The number of esters is 1. The monoisotopic (exact) mass is 249 g/mol. The van der Waals surface area contributed by atoms with Gasteiger partial charge in [-0.3, -0.25) is 0 Å². The number of methoxy groups -OCH3 is 1. The highest BCUT2D eigenvalue weighted by Gasteiger charge is 2.27. The first-order valence-electron chi connectivity index (χ1n) is 5.78. The summed E-state index contributed by atoms with van der Waals surface area (Å²) in [6.45, 7) is 1.03. The lowest BCUT2D eigenvalue weighted by Gasteiger charge is -2.13. The molecule has 1 amide bonds. The predicted molar refractivity (Wildman–Crippen MR) is 64.7 cm³/mol. The molecule has 0 aliphatic carbocycles. The zero-order valence-corrected chi connectivity index (χ0v) is 10.1. The maximum Gasteiger partial charge on any atom is 0.407 e. The van der Waals surface area contributed by atoms with Crippen LogP contribution in [0.3, 0.4) is 0 Å². The second-order valence-electron chi connectivity index (χ2n) is 4.33. The Morgan fingerprint density at radius 2 is 2.22 bits per heavy atom. The van der Waals surface area contributed by atoms with Crippen molar-refractivity contribution in [1.29, 1.82) is 0 Å². The number of ether oxygens (including phenoxy) is 1. The number of carboxylic acid groups (broad SMARTS) is 1. The van der Waals surface area contributed by atoms with Crippen LogP contribution in [0.4, 0.5) is 4.79 Å². The minimum Gasteiger partial charge on any atom is -0.465 e. The number of amides is 1. The van der Waals surface area contributed by atoms with Crippen molar-refractivity contribution in [3.8, 4) is 0 Å². The molecule has 5 nitrogen and oxygen atoms in total. The summed E-state index contributed by atoms with van der Waals surface area (Å²) in [5.41, 5.74) is 1.49. The Hall–Kier alpha value is -2.04. The number of rotatable bonds is 2. The standard InChI is InChI=1S/C13H15NO4/c1-18-12(15)10-4-2-3-9(7-10)11-5-6-14(8-11)13(16)17/h2-4,7,11H,5-6,8H2,1H3,(H,16,17). The smallest absolute Gasteiger partial charge is 0.407 e. The normalized spacial score (nSPS) is 18.7. The molecule has 1 N–H and O–H groups in total. The lowest BCUT2D eigenvalue weighted by molar-refractivity contribution is 0.0600. The van der Waals surface area contributed by atoms with Crippen LogP contribution in [0.25, 0.3) is 0 Å². The van der Waals surface area contributed by atoms with E-state index in [9.17, 15) is 9.59 Å². The molecule has 18 heavy (non-hydrogen) atoms. The number of hydrogen-bond donors (Lipinski definition) is 1. The Balaban J connectivity index is 2.15. The van der Waals surface area contributed by atoms with E-state index >= 15 is 0 Å². The summed E-state index contributed by atoms with van der Waals surface area (Å²) in [4.78, 5) is 23.7. The first-order chi connectivity index (χ1) is 8.61. The van der Waals surface area contributed by atoms with Crippen molar-refractivity contribution >= 4 is 12.1 Å². The average Bonchev–Trinajstić information content (AvgIpc) is 2.88. The second kappa shape index (κ2) is 5.08. The van der Waals surface area contributed by atoms with E-state index in [-0.39, 0.29) is 11.9 Å². The maximum atomic E-state index is 11.4. The fraction of sp³-hybridized carbons (Fsp3) is 0.385. The minimum atomic E-state index is -0.887. The van der Waals surface area contributed by atoms with Gasteiger partial charge in [0, 0.05) is 19.0 Å². The van der Waals surface area contributed by atoms with Gasteiger partial charge in [-0.25, -0.2) is 9.59 Å². The number of carbonyl (C=O) groups excluding carboxylic acids is 1. The summed E-state index contributed by atoms with van der Waals surface area (Å²) < 4.78 is 4.67. The van der Waals surface area contributed by atoms with Crippen LogP contribution < -0.4 is 0 Å². The maximum absolute atomic E-state index is 11.4. The number of likely N-dealkylation sites (tertiary alicyclic amines) is 1. The van der Waals surface area contributed by atoms with Crippen LogP contribution in [-0.4, -0.2) is 42.3 Å². The summed E-state index contributed by atoms with van der Waals surface area (Å²) in [6, 6.07) is 7.19. The zero-order chi connectivity index (χ0) is 13.1. The van der Waals surface area contributed by atoms with Crippen LogP contribution in [0.5, 0.6) is 0 Å². The van der Waals surface area contributed by atoms with E-state index in [1.165, 1.54) is 12.0 Å². The van der Waals surface area contributed by atoms with Crippen molar-refractivity contribution < 1.29 is 19.4 Å². The molecule has 0 radical (unpaired) electrons. The number of hydrogen-bond acceptors (Lipinski definition) is 3. The van der Waals surface area contributed by atoms with Gasteiger partial charge in [-0.2, -0.15) is 0 Å². The van der Waals surface area contributed by atoms with Crippen LogP contribution in [0.15, 0.2) is 24.3 Å². The molecule has 1 atom stereocenters. The molecular formula is C13H15NO4. The lowest BCUT2D eigenvalue weighted by Crippen LogP contribution is -2.26. The molecule has 0 spiro atoms. The van der Waals surface area contributed by atoms with E-state index in [4.69, 9.17) is 5.11 Å². The van der Waals surface area contributed by atoms with E-state index in [0.717, 1.165) is 12.0 Å². The summed E-state index contributed by atoms with van der Waals surface area (Å²) in [5.74, 6) is -0.212. The molecule has 1 fully saturated rings. The quantitative estimate of drug-likeness (QED) is 0.813. The van der Waals surface area contributed by atoms with Crippen molar-refractivity contribution in [2.75, 3.05) is 20.2 Å². The lowest BCUT2D eigenvalue weighted by atomic mass is 9.97. The third-order valence-corrected chi connectivity index (χ3v) is 3.24. The number of benzene rings is 1. The van der Waals surface area contributed by atoms with Gasteiger partial charge in [-0.15, -0.1) is 0 Å². The molecule has 1 aromatic rings. The molecule has 0 aromatic heterocycles. The van der Waals surface area contributed by atoms with Crippen molar-refractivity contribution in [2.24, 2.45) is 0 Å². The van der Waals surface area contributed by atoms with Gasteiger partial charge < -0.3 is 14.7 Å². The summed E-state index contributed by atoms with van der Waals surface area (Å²) >= 11 is 0. The molecule has 1 saturated heterocycles. The summed E-state index contributed by atoms with van der Waals surface area (Å²) in [6.07, 6.45) is -0.0988. The summed E-state index contributed by atoms with van der Waals surface area (Å²) in [7, 11) is 1.34. The molecule has 0 bridgehead atoms. The molecule has 0 saturated carbocycles. The van der Waals surface area contributed by atoms with E-state index in [2.05, 4.69) is 4.74 Å². The van der Waals surface area contributed by atoms with E-state index < -0.39 is 6.09 Å². The van der Waals surface area contributed by atoms with E-state index in [1.54, 1.807) is 18.2 Å².